The Labute approximate surface area is 176 Å². The Kier molecular flexibility index (Phi) is 4.75. The molecule has 4 heterocycles. The number of nitrogens with zero attached hydrogens (tertiary/aromatic N) is 5. The summed E-state index contributed by atoms with van der Waals surface area (Å²) in [4.78, 5) is 28.1. The highest BCUT2D eigenvalue weighted by Crippen LogP contribution is 2.31. The molecule has 0 spiro atoms. The first-order valence-electron chi connectivity index (χ1n) is 10.4. The number of para-hydroxylation sites is 1. The predicted molar refractivity (Wildman–Crippen MR) is 117 cm³/mol. The van der Waals surface area contributed by atoms with Crippen LogP contribution in [0.4, 0.5) is 10.5 Å². The minimum Gasteiger partial charge on any atom is -0.325 e. The molecule has 0 aliphatic carbocycles. The van der Waals surface area contributed by atoms with Crippen molar-refractivity contribution in [3.63, 3.8) is 0 Å². The molecule has 2 atom stereocenters. The number of anilines is 1. The lowest BCUT2D eigenvalue weighted by Crippen LogP contribution is -2.49. The van der Waals surface area contributed by atoms with Crippen LogP contribution in [0.2, 0.25) is 0 Å². The summed E-state index contributed by atoms with van der Waals surface area (Å²) in [5.74, 6) is 2.13. The zero-order valence-corrected chi connectivity index (χ0v) is 17.3. The summed E-state index contributed by atoms with van der Waals surface area (Å²) >= 11 is 0. The summed E-state index contributed by atoms with van der Waals surface area (Å²) in [5, 5.41) is 3.06. The third-order valence-electron chi connectivity index (χ3n) is 6.15. The van der Waals surface area contributed by atoms with Crippen molar-refractivity contribution >= 4 is 17.6 Å². The lowest BCUT2D eigenvalue weighted by molar-refractivity contribution is 0.216. The van der Waals surface area contributed by atoms with Gasteiger partial charge < -0.3 is 4.90 Å². The van der Waals surface area contributed by atoms with E-state index in [1.807, 2.05) is 30.6 Å². The number of hydrogen-bond donors (Lipinski definition) is 1. The van der Waals surface area contributed by atoms with E-state index in [2.05, 4.69) is 52.1 Å². The van der Waals surface area contributed by atoms with Crippen molar-refractivity contribution in [3.8, 4) is 0 Å². The van der Waals surface area contributed by atoms with Crippen LogP contribution in [-0.4, -0.2) is 46.4 Å². The van der Waals surface area contributed by atoms with Crippen LogP contribution < -0.4 is 10.2 Å². The van der Waals surface area contributed by atoms with Crippen molar-refractivity contribution in [2.24, 2.45) is 16.8 Å². The Morgan fingerprint density at radius 2 is 2.03 bits per heavy atom. The zero-order chi connectivity index (χ0) is 20.7. The number of fused-ring (bicyclic) bond motifs is 1. The van der Waals surface area contributed by atoms with Gasteiger partial charge in [-0.05, 0) is 36.1 Å². The van der Waals surface area contributed by atoms with E-state index in [-0.39, 0.29) is 11.9 Å². The number of urea groups is 1. The van der Waals surface area contributed by atoms with Crippen molar-refractivity contribution in [2.45, 2.75) is 20.4 Å². The first kappa shape index (κ1) is 18.8. The molecule has 1 aromatic carbocycles. The number of aromatic nitrogens is 1. The van der Waals surface area contributed by atoms with Crippen molar-refractivity contribution in [1.82, 2.24) is 20.1 Å². The second-order valence-corrected chi connectivity index (χ2v) is 8.38. The summed E-state index contributed by atoms with van der Waals surface area (Å²) in [6.45, 7) is 7.52. The highest BCUT2D eigenvalue weighted by molar-refractivity contribution is 6.02. The van der Waals surface area contributed by atoms with Gasteiger partial charge in [-0.25, -0.2) is 9.79 Å². The summed E-state index contributed by atoms with van der Waals surface area (Å²) in [6.07, 6.45) is 5.69. The number of amidine groups is 1. The molecule has 7 heteroatoms. The fraction of sp³-hybridized carbons (Fsp3) is 0.348. The number of aliphatic imine (C=N–C) groups is 1. The monoisotopic (exact) mass is 402 g/mol. The van der Waals surface area contributed by atoms with Crippen LogP contribution >= 0.6 is 0 Å². The van der Waals surface area contributed by atoms with E-state index >= 15 is 0 Å². The molecule has 154 valence electrons. The SMILES string of the molecule is Cc1ccccc1N1C=C2N=C(C3CN(Cc4cccnc4)CC3C)NC(=O)N2C1. The Balaban J connectivity index is 1.35. The van der Waals surface area contributed by atoms with Gasteiger partial charge in [0.25, 0.3) is 0 Å². The van der Waals surface area contributed by atoms with Gasteiger partial charge in [-0.1, -0.05) is 31.2 Å². The van der Waals surface area contributed by atoms with Gasteiger partial charge in [0.1, 0.15) is 12.5 Å². The highest BCUT2D eigenvalue weighted by Gasteiger charge is 2.39. The number of carbonyl (C=O) groups excluding carboxylic acids is 1. The number of hydrogen-bond acceptors (Lipinski definition) is 5. The highest BCUT2D eigenvalue weighted by atomic mass is 16.2. The molecular formula is C23H26N6O. The number of carbonyl (C=O) groups is 1. The first-order chi connectivity index (χ1) is 14.6. The lowest BCUT2D eigenvalue weighted by Gasteiger charge is -2.28. The van der Waals surface area contributed by atoms with Crippen LogP contribution in [0.15, 0.2) is 65.8 Å². The summed E-state index contributed by atoms with van der Waals surface area (Å²) in [5.41, 5.74) is 3.48. The quantitative estimate of drug-likeness (QED) is 0.853. The van der Waals surface area contributed by atoms with Gasteiger partial charge in [0.2, 0.25) is 0 Å². The molecule has 3 aliphatic heterocycles. The van der Waals surface area contributed by atoms with Crippen molar-refractivity contribution in [1.29, 1.82) is 0 Å². The molecule has 7 nitrogen and oxygen atoms in total. The molecular weight excluding hydrogens is 376 g/mol. The topological polar surface area (TPSA) is 64.1 Å². The molecule has 2 aromatic rings. The smallest absolute Gasteiger partial charge is 0.325 e. The Morgan fingerprint density at radius 3 is 2.83 bits per heavy atom. The van der Waals surface area contributed by atoms with Crippen molar-refractivity contribution in [2.75, 3.05) is 24.7 Å². The average molecular weight is 403 g/mol. The molecule has 30 heavy (non-hydrogen) atoms. The molecule has 5 rings (SSSR count). The third-order valence-corrected chi connectivity index (χ3v) is 6.15. The molecule has 3 aliphatic rings. The number of amides is 2. The molecule has 0 saturated carbocycles. The van der Waals surface area contributed by atoms with Gasteiger partial charge in [0, 0.05) is 49.8 Å². The van der Waals surface area contributed by atoms with Crippen LogP contribution in [0.25, 0.3) is 0 Å². The van der Waals surface area contributed by atoms with E-state index < -0.39 is 0 Å². The normalized spacial score (nSPS) is 23.9. The van der Waals surface area contributed by atoms with Gasteiger partial charge in [0.15, 0.2) is 5.82 Å². The van der Waals surface area contributed by atoms with Crippen molar-refractivity contribution < 1.29 is 4.79 Å². The molecule has 2 amide bonds. The summed E-state index contributed by atoms with van der Waals surface area (Å²) in [7, 11) is 0. The van der Waals surface area contributed by atoms with Crippen LogP contribution in [0.1, 0.15) is 18.1 Å². The number of rotatable bonds is 4. The molecule has 1 N–H and O–H groups in total. The molecule has 1 fully saturated rings. The molecule has 2 unspecified atom stereocenters. The first-order valence-corrected chi connectivity index (χ1v) is 10.4. The predicted octanol–water partition coefficient (Wildman–Crippen LogP) is 3.16. The van der Waals surface area contributed by atoms with Crippen LogP contribution in [0.3, 0.4) is 0 Å². The number of pyridine rings is 1. The van der Waals surface area contributed by atoms with E-state index in [1.165, 1.54) is 11.1 Å². The maximum atomic E-state index is 12.8. The fourth-order valence-electron chi connectivity index (χ4n) is 4.57. The molecule has 1 aromatic heterocycles. The zero-order valence-electron chi connectivity index (χ0n) is 17.3. The van der Waals surface area contributed by atoms with Gasteiger partial charge >= 0.3 is 6.03 Å². The second-order valence-electron chi connectivity index (χ2n) is 8.38. The van der Waals surface area contributed by atoms with E-state index in [0.29, 0.717) is 12.6 Å². The average Bonchev–Trinajstić information content (AvgIpc) is 3.33. The fourth-order valence-corrected chi connectivity index (χ4v) is 4.57. The standard InChI is InChI=1S/C23H26N6O/c1-16-6-3-4-8-20(16)28-14-21-25-22(26-23(30)29(21)15-28)19-13-27(11-17(19)2)12-18-7-5-9-24-10-18/h3-10,14,17,19H,11-13,15H2,1-2H3,(H,25,26,30). The van der Waals surface area contributed by atoms with E-state index in [4.69, 9.17) is 4.99 Å². The minimum absolute atomic E-state index is 0.0970. The van der Waals surface area contributed by atoms with Crippen LogP contribution in [-0.2, 0) is 6.54 Å². The molecule has 0 bridgehead atoms. The van der Waals surface area contributed by atoms with Gasteiger partial charge in [-0.2, -0.15) is 0 Å². The van der Waals surface area contributed by atoms with E-state index in [1.54, 1.807) is 11.1 Å². The Bertz CT molecular complexity index is 1020. The molecule has 0 radical (unpaired) electrons. The van der Waals surface area contributed by atoms with Gasteiger partial charge in [0.05, 0.1) is 0 Å². The van der Waals surface area contributed by atoms with E-state index in [9.17, 15) is 4.79 Å². The van der Waals surface area contributed by atoms with Crippen LogP contribution in [0.5, 0.6) is 0 Å². The number of aryl methyl sites for hydroxylation is 1. The maximum absolute atomic E-state index is 12.8. The maximum Gasteiger partial charge on any atom is 0.329 e. The summed E-state index contributed by atoms with van der Waals surface area (Å²) in [6, 6.07) is 12.2. The Hall–Kier alpha value is -3.19. The van der Waals surface area contributed by atoms with E-state index in [0.717, 1.165) is 37.0 Å². The number of benzene rings is 1. The van der Waals surface area contributed by atoms with Crippen molar-refractivity contribution in [3.05, 3.63) is 71.9 Å². The van der Waals surface area contributed by atoms with Gasteiger partial charge in [-0.15, -0.1) is 0 Å². The second kappa shape index (κ2) is 7.57. The largest absolute Gasteiger partial charge is 0.329 e. The number of nitrogens with one attached hydrogen (secondary N) is 1. The van der Waals surface area contributed by atoms with Gasteiger partial charge in [-0.3, -0.25) is 20.1 Å². The third kappa shape index (κ3) is 3.45. The Morgan fingerprint density at radius 1 is 1.17 bits per heavy atom. The minimum atomic E-state index is -0.0970. The van der Waals surface area contributed by atoms with Crippen LogP contribution in [0, 0.1) is 18.8 Å². The lowest BCUT2D eigenvalue weighted by atomic mass is 9.96. The summed E-state index contributed by atoms with van der Waals surface area (Å²) < 4.78 is 0. The molecule has 1 saturated heterocycles. The number of likely N-dealkylation sites (tertiary alicyclic amines) is 1.